The summed E-state index contributed by atoms with van der Waals surface area (Å²) in [5, 5.41) is 10.1. The Kier molecular flexibility index (Phi) is 11.3. The molecule has 0 aliphatic heterocycles. The fourth-order valence-electron chi connectivity index (χ4n) is 8.42. The van der Waals surface area contributed by atoms with Gasteiger partial charge in [-0.05, 0) is 85.4 Å². The molecule has 0 heterocycles. The lowest BCUT2D eigenvalue weighted by Gasteiger charge is -2.67. The molecule has 0 bridgehead atoms. The van der Waals surface area contributed by atoms with Crippen LogP contribution in [0.2, 0.25) is 0 Å². The SMILES string of the molecule is C#C.CC.CC(O)O[C@H]1CC2(C)C(C)C(=O)CC[C@]2(C)C2CC[C@@]3(C)C(CC[C@@H]3C)C21.COC. The average molecular weight is 479 g/mol. The highest BCUT2D eigenvalue weighted by molar-refractivity contribution is 5.82. The predicted octanol–water partition coefficient (Wildman–Crippen LogP) is 6.74. The first-order chi connectivity index (χ1) is 16.0. The summed E-state index contributed by atoms with van der Waals surface area (Å²) in [7, 11) is 3.25. The molecule has 0 aromatic rings. The smallest absolute Gasteiger partial charge is 0.152 e. The van der Waals surface area contributed by atoms with Gasteiger partial charge in [0.2, 0.25) is 0 Å². The van der Waals surface area contributed by atoms with E-state index in [9.17, 15) is 9.90 Å². The van der Waals surface area contributed by atoms with Gasteiger partial charge in [0, 0.05) is 26.6 Å². The van der Waals surface area contributed by atoms with E-state index in [1.807, 2.05) is 13.8 Å². The Balaban J connectivity index is 0.000000750. The van der Waals surface area contributed by atoms with E-state index in [1.165, 1.54) is 25.7 Å². The van der Waals surface area contributed by atoms with Crippen molar-refractivity contribution in [2.75, 3.05) is 14.2 Å². The Hall–Kier alpha value is -0.890. The van der Waals surface area contributed by atoms with Crippen molar-refractivity contribution in [2.45, 2.75) is 113 Å². The lowest BCUT2D eigenvalue weighted by molar-refractivity contribution is -0.249. The van der Waals surface area contributed by atoms with E-state index in [0.717, 1.165) is 25.2 Å². The molecule has 4 fully saturated rings. The van der Waals surface area contributed by atoms with Gasteiger partial charge in [-0.2, -0.15) is 0 Å². The van der Waals surface area contributed by atoms with Crippen LogP contribution in [0.4, 0.5) is 0 Å². The fourth-order valence-corrected chi connectivity index (χ4v) is 8.42. The monoisotopic (exact) mass is 478 g/mol. The number of hydrogen-bond acceptors (Lipinski definition) is 4. The van der Waals surface area contributed by atoms with Gasteiger partial charge in [0.25, 0.3) is 0 Å². The fraction of sp³-hybridized carbons (Fsp3) is 0.900. The van der Waals surface area contributed by atoms with Gasteiger partial charge >= 0.3 is 0 Å². The summed E-state index contributed by atoms with van der Waals surface area (Å²) >= 11 is 0. The third kappa shape index (κ3) is 5.14. The number of rotatable bonds is 2. The van der Waals surface area contributed by atoms with E-state index < -0.39 is 6.29 Å². The van der Waals surface area contributed by atoms with Crippen LogP contribution in [0.5, 0.6) is 0 Å². The van der Waals surface area contributed by atoms with E-state index in [-0.39, 0.29) is 22.9 Å². The summed E-state index contributed by atoms with van der Waals surface area (Å²) in [6.45, 7) is 17.7. The van der Waals surface area contributed by atoms with Crippen molar-refractivity contribution in [1.82, 2.24) is 0 Å². The van der Waals surface area contributed by atoms with E-state index in [1.54, 1.807) is 21.1 Å². The summed E-state index contributed by atoms with van der Waals surface area (Å²) in [6.07, 6.45) is 15.3. The molecule has 0 amide bonds. The van der Waals surface area contributed by atoms with Crippen molar-refractivity contribution in [2.24, 2.45) is 45.8 Å². The van der Waals surface area contributed by atoms with Gasteiger partial charge in [-0.3, -0.25) is 4.79 Å². The molecule has 4 aliphatic carbocycles. The number of ketones is 1. The number of aliphatic hydroxyl groups is 1. The van der Waals surface area contributed by atoms with E-state index >= 15 is 0 Å². The first kappa shape index (κ1) is 31.1. The maximum absolute atomic E-state index is 12.7. The molecule has 198 valence electrons. The number of Topliss-reactive ketones (excluding diaryl/α,β-unsaturated/α-hetero) is 1. The molecule has 4 aliphatic rings. The highest BCUT2D eigenvalue weighted by Crippen LogP contribution is 2.71. The zero-order valence-electron chi connectivity index (χ0n) is 23.8. The van der Waals surface area contributed by atoms with Gasteiger partial charge in [-0.25, -0.2) is 0 Å². The molecule has 4 nitrogen and oxygen atoms in total. The highest BCUT2D eigenvalue weighted by Gasteiger charge is 2.67. The van der Waals surface area contributed by atoms with Crippen LogP contribution >= 0.6 is 0 Å². The lowest BCUT2D eigenvalue weighted by atomic mass is 9.38. The topological polar surface area (TPSA) is 55.8 Å². The van der Waals surface area contributed by atoms with E-state index in [0.29, 0.717) is 29.0 Å². The zero-order chi connectivity index (χ0) is 26.5. The van der Waals surface area contributed by atoms with Gasteiger partial charge in [-0.15, -0.1) is 12.8 Å². The number of ether oxygens (including phenoxy) is 2. The van der Waals surface area contributed by atoms with Crippen LogP contribution in [0.3, 0.4) is 0 Å². The van der Waals surface area contributed by atoms with Crippen molar-refractivity contribution in [3.63, 3.8) is 0 Å². The summed E-state index contributed by atoms with van der Waals surface area (Å²) < 4.78 is 10.5. The van der Waals surface area contributed by atoms with Crippen molar-refractivity contribution in [3.8, 4) is 12.8 Å². The molecule has 0 aromatic carbocycles. The third-order valence-corrected chi connectivity index (χ3v) is 10.7. The molecule has 0 saturated heterocycles. The van der Waals surface area contributed by atoms with E-state index in [2.05, 4.69) is 52.2 Å². The minimum Gasteiger partial charge on any atom is -0.388 e. The van der Waals surface area contributed by atoms with Crippen LogP contribution < -0.4 is 0 Å². The van der Waals surface area contributed by atoms with Crippen molar-refractivity contribution < 1.29 is 19.4 Å². The number of fused-ring (bicyclic) bond motifs is 5. The maximum Gasteiger partial charge on any atom is 0.152 e. The molecule has 4 saturated carbocycles. The zero-order valence-corrected chi connectivity index (χ0v) is 23.8. The first-order valence-electron chi connectivity index (χ1n) is 13.6. The van der Waals surface area contributed by atoms with Gasteiger partial charge in [0.05, 0.1) is 6.10 Å². The van der Waals surface area contributed by atoms with Crippen LogP contribution in [0, 0.1) is 58.7 Å². The molecular formula is C30H54O4. The maximum atomic E-state index is 12.7. The van der Waals surface area contributed by atoms with Crippen molar-refractivity contribution >= 4 is 5.78 Å². The van der Waals surface area contributed by atoms with Gasteiger partial charge in [0.1, 0.15) is 5.78 Å². The Morgan fingerprint density at radius 1 is 0.971 bits per heavy atom. The molecule has 6 unspecified atom stereocenters. The molecular weight excluding hydrogens is 424 g/mol. The first-order valence-corrected chi connectivity index (χ1v) is 13.6. The minimum absolute atomic E-state index is 0.0268. The van der Waals surface area contributed by atoms with Crippen LogP contribution in [0.25, 0.3) is 0 Å². The van der Waals surface area contributed by atoms with Gasteiger partial charge in [-0.1, -0.05) is 48.5 Å². The summed E-state index contributed by atoms with van der Waals surface area (Å²) in [5.74, 6) is 3.14. The number of carbonyl (C=O) groups excluding carboxylic acids is 1. The largest absolute Gasteiger partial charge is 0.388 e. The number of methoxy groups -OCH3 is 1. The van der Waals surface area contributed by atoms with Crippen molar-refractivity contribution in [1.29, 1.82) is 0 Å². The van der Waals surface area contributed by atoms with Crippen LogP contribution in [0.15, 0.2) is 0 Å². The van der Waals surface area contributed by atoms with Gasteiger partial charge < -0.3 is 14.6 Å². The quantitative estimate of drug-likeness (QED) is 0.353. The molecule has 4 rings (SSSR count). The second-order valence-electron chi connectivity index (χ2n) is 11.7. The van der Waals surface area contributed by atoms with Crippen molar-refractivity contribution in [3.05, 3.63) is 0 Å². The summed E-state index contributed by atoms with van der Waals surface area (Å²) in [6, 6.07) is 0. The molecule has 0 spiro atoms. The number of terminal acetylenes is 1. The molecule has 0 aromatic heterocycles. The van der Waals surface area contributed by atoms with Gasteiger partial charge in [0.15, 0.2) is 6.29 Å². The number of hydrogen-bond donors (Lipinski definition) is 1. The number of carbonyl (C=O) groups is 1. The Morgan fingerprint density at radius 3 is 2.06 bits per heavy atom. The molecule has 4 heteroatoms. The Labute approximate surface area is 210 Å². The predicted molar refractivity (Wildman–Crippen MR) is 141 cm³/mol. The minimum atomic E-state index is -0.731. The second-order valence-corrected chi connectivity index (χ2v) is 11.7. The second kappa shape index (κ2) is 12.4. The molecule has 10 atom stereocenters. The Bertz CT molecular complexity index is 672. The highest BCUT2D eigenvalue weighted by atomic mass is 16.6. The Morgan fingerprint density at radius 2 is 1.53 bits per heavy atom. The summed E-state index contributed by atoms with van der Waals surface area (Å²) in [5.41, 5.74) is 0.597. The molecule has 1 N–H and O–H groups in total. The molecule has 0 radical (unpaired) electrons. The summed E-state index contributed by atoms with van der Waals surface area (Å²) in [4.78, 5) is 12.7. The lowest BCUT2D eigenvalue weighted by Crippen LogP contribution is -2.64. The van der Waals surface area contributed by atoms with E-state index in [4.69, 9.17) is 4.74 Å². The molecule has 34 heavy (non-hydrogen) atoms. The van der Waals surface area contributed by atoms with Crippen LogP contribution in [0.1, 0.15) is 100 Å². The average Bonchev–Trinajstić information content (AvgIpc) is 3.11. The van der Waals surface area contributed by atoms with Crippen LogP contribution in [-0.4, -0.2) is 37.5 Å². The number of aliphatic hydroxyl groups excluding tert-OH is 1. The normalized spacial score (nSPS) is 45.4. The third-order valence-electron chi connectivity index (χ3n) is 10.7. The standard InChI is InChI=1S/C24H40O3.C2H6O.C2H6.C2H2/c1-14-7-8-17-21-18(9-11-22(14,17)4)23(5)12-10-19(26)15(2)24(23,6)13-20(21)27-16(3)25;1-3-2;2*1-2/h14-18,20-21,25H,7-13H2,1-6H3;1-2H3;1-2H3;1-2H/t14-,15?,16?,17?,18?,20-,21?,22+,23+,24?;;;/m0.../s1. The van der Waals surface area contributed by atoms with Crippen LogP contribution in [-0.2, 0) is 14.3 Å².